The van der Waals surface area contributed by atoms with Gasteiger partial charge in [0.05, 0.1) is 13.0 Å². The molecule has 17 heavy (non-hydrogen) atoms. The molecule has 1 fully saturated rings. The minimum absolute atomic E-state index is 0.197. The average Bonchev–Trinajstić information content (AvgIpc) is 2.25. The van der Waals surface area contributed by atoms with E-state index >= 15 is 0 Å². The molecule has 0 atom stereocenters. The molecule has 1 aliphatic carbocycles. The van der Waals surface area contributed by atoms with Crippen LogP contribution in [0.25, 0.3) is 0 Å². The van der Waals surface area contributed by atoms with Crippen molar-refractivity contribution in [2.24, 2.45) is 0 Å². The number of aliphatic carboxylic acids is 1. The van der Waals surface area contributed by atoms with Crippen molar-refractivity contribution in [2.75, 3.05) is 6.61 Å². The number of hydrogen-bond acceptors (Lipinski definition) is 2. The predicted octanol–water partition coefficient (Wildman–Crippen LogP) is 2.98. The van der Waals surface area contributed by atoms with E-state index in [1.54, 1.807) is 0 Å². The van der Waals surface area contributed by atoms with Crippen molar-refractivity contribution in [3.8, 4) is 5.75 Å². The molecule has 0 heterocycles. The molecular weight excluding hydrogens is 216 g/mol. The molecule has 3 nitrogen and oxygen atoms in total. The van der Waals surface area contributed by atoms with Crippen LogP contribution in [-0.4, -0.2) is 17.7 Å². The van der Waals surface area contributed by atoms with Crippen LogP contribution in [0.4, 0.5) is 0 Å². The van der Waals surface area contributed by atoms with Gasteiger partial charge in [-0.1, -0.05) is 24.6 Å². The van der Waals surface area contributed by atoms with Gasteiger partial charge >= 0.3 is 5.97 Å². The lowest BCUT2D eigenvalue weighted by molar-refractivity contribution is -0.139. The van der Waals surface area contributed by atoms with Gasteiger partial charge in [0.2, 0.25) is 0 Å². The van der Waals surface area contributed by atoms with E-state index in [9.17, 15) is 4.79 Å². The Balaban J connectivity index is 2.33. The lowest BCUT2D eigenvalue weighted by Crippen LogP contribution is -2.37. The largest absolute Gasteiger partial charge is 0.494 e. The van der Waals surface area contributed by atoms with E-state index in [2.05, 4.69) is 0 Å². The number of carbonyl (C=O) groups is 1. The van der Waals surface area contributed by atoms with Gasteiger partial charge < -0.3 is 9.84 Å². The molecule has 1 saturated carbocycles. The average molecular weight is 234 g/mol. The van der Waals surface area contributed by atoms with Crippen LogP contribution < -0.4 is 4.74 Å². The van der Waals surface area contributed by atoms with E-state index in [4.69, 9.17) is 9.84 Å². The highest BCUT2D eigenvalue weighted by atomic mass is 16.5. The first-order valence-electron chi connectivity index (χ1n) is 6.12. The quantitative estimate of drug-likeness (QED) is 0.852. The van der Waals surface area contributed by atoms with Crippen LogP contribution >= 0.6 is 0 Å². The molecule has 0 bridgehead atoms. The smallest absolute Gasteiger partial charge is 0.304 e. The van der Waals surface area contributed by atoms with Gasteiger partial charge in [-0.15, -0.1) is 0 Å². The summed E-state index contributed by atoms with van der Waals surface area (Å²) in [6.45, 7) is 2.56. The summed E-state index contributed by atoms with van der Waals surface area (Å²) < 4.78 is 5.61. The van der Waals surface area contributed by atoms with E-state index in [1.807, 2.05) is 31.2 Å². The van der Waals surface area contributed by atoms with Crippen LogP contribution in [0.5, 0.6) is 5.75 Å². The van der Waals surface area contributed by atoms with Crippen molar-refractivity contribution in [2.45, 2.75) is 38.0 Å². The second-order valence-electron chi connectivity index (χ2n) is 4.63. The monoisotopic (exact) mass is 234 g/mol. The fraction of sp³-hybridized carbons (Fsp3) is 0.500. The van der Waals surface area contributed by atoms with Gasteiger partial charge in [-0.25, -0.2) is 0 Å². The first-order valence-corrected chi connectivity index (χ1v) is 6.12. The van der Waals surface area contributed by atoms with Crippen LogP contribution in [0.2, 0.25) is 0 Å². The summed E-state index contributed by atoms with van der Waals surface area (Å²) in [6.07, 6.45) is 3.21. The summed E-state index contributed by atoms with van der Waals surface area (Å²) in [5.41, 5.74) is 0.868. The van der Waals surface area contributed by atoms with E-state index in [0.29, 0.717) is 6.61 Å². The molecule has 3 heteroatoms. The molecule has 1 aliphatic rings. The Bertz CT molecular complexity index is 408. The Morgan fingerprint density at radius 1 is 1.41 bits per heavy atom. The van der Waals surface area contributed by atoms with Gasteiger partial charge in [0.25, 0.3) is 0 Å². The van der Waals surface area contributed by atoms with Crippen molar-refractivity contribution in [1.29, 1.82) is 0 Å². The van der Waals surface area contributed by atoms with E-state index in [-0.39, 0.29) is 11.8 Å². The zero-order valence-corrected chi connectivity index (χ0v) is 10.1. The van der Waals surface area contributed by atoms with Crippen LogP contribution in [0.1, 0.15) is 38.2 Å². The summed E-state index contributed by atoms with van der Waals surface area (Å²) >= 11 is 0. The first-order chi connectivity index (χ1) is 8.18. The highest BCUT2D eigenvalue weighted by molar-refractivity contribution is 5.70. The third-order valence-electron chi connectivity index (χ3n) is 3.56. The fourth-order valence-corrected chi connectivity index (χ4v) is 2.62. The maximum absolute atomic E-state index is 11.0. The molecular formula is C14H18O3. The molecule has 0 saturated heterocycles. The topological polar surface area (TPSA) is 46.5 Å². The van der Waals surface area contributed by atoms with E-state index in [1.165, 1.54) is 0 Å². The van der Waals surface area contributed by atoms with Crippen LogP contribution in [0, 0.1) is 0 Å². The van der Waals surface area contributed by atoms with Crippen molar-refractivity contribution in [3.05, 3.63) is 29.8 Å². The third-order valence-corrected chi connectivity index (χ3v) is 3.56. The molecule has 2 rings (SSSR count). The lowest BCUT2D eigenvalue weighted by atomic mass is 9.62. The summed E-state index contributed by atoms with van der Waals surface area (Å²) in [6, 6.07) is 7.83. The van der Waals surface area contributed by atoms with Crippen LogP contribution in [0.3, 0.4) is 0 Å². The highest BCUT2D eigenvalue weighted by Gasteiger charge is 2.42. The van der Waals surface area contributed by atoms with Crippen molar-refractivity contribution in [3.63, 3.8) is 0 Å². The van der Waals surface area contributed by atoms with Crippen molar-refractivity contribution >= 4 is 5.97 Å². The standard InChI is InChI=1S/C14H18O3/c1-2-17-12-7-4-3-6-11(12)14(8-5-9-14)10-13(15)16/h3-4,6-7H,2,5,8-10H2,1H3,(H,15,16). The van der Waals surface area contributed by atoms with Gasteiger partial charge in [0.1, 0.15) is 5.75 Å². The molecule has 1 aromatic rings. The molecule has 0 aliphatic heterocycles. The SMILES string of the molecule is CCOc1ccccc1C1(CC(=O)O)CCC1. The van der Waals surface area contributed by atoms with Gasteiger partial charge in [-0.05, 0) is 25.8 Å². The minimum Gasteiger partial charge on any atom is -0.494 e. The Morgan fingerprint density at radius 3 is 2.65 bits per heavy atom. The number of hydrogen-bond donors (Lipinski definition) is 1. The van der Waals surface area contributed by atoms with Gasteiger partial charge in [0.15, 0.2) is 0 Å². The number of carboxylic acids is 1. The number of benzene rings is 1. The van der Waals surface area contributed by atoms with Crippen molar-refractivity contribution < 1.29 is 14.6 Å². The summed E-state index contributed by atoms with van der Waals surface area (Å²) in [5, 5.41) is 9.06. The minimum atomic E-state index is -0.726. The molecule has 0 unspecified atom stereocenters. The molecule has 0 aromatic heterocycles. The van der Waals surface area contributed by atoms with E-state index < -0.39 is 5.97 Å². The summed E-state index contributed by atoms with van der Waals surface area (Å²) in [5.74, 6) is 0.118. The second-order valence-corrected chi connectivity index (χ2v) is 4.63. The number of carboxylic acid groups (broad SMARTS) is 1. The molecule has 0 radical (unpaired) electrons. The number of para-hydroxylation sites is 1. The van der Waals surface area contributed by atoms with Crippen molar-refractivity contribution in [1.82, 2.24) is 0 Å². The Kier molecular flexibility index (Phi) is 3.36. The van der Waals surface area contributed by atoms with Crippen LogP contribution in [0.15, 0.2) is 24.3 Å². The Morgan fingerprint density at radius 2 is 2.12 bits per heavy atom. The molecule has 0 amide bonds. The first kappa shape index (κ1) is 12.0. The number of rotatable bonds is 5. The third kappa shape index (κ3) is 2.28. The highest BCUT2D eigenvalue weighted by Crippen LogP contribution is 2.49. The fourth-order valence-electron chi connectivity index (χ4n) is 2.62. The zero-order valence-electron chi connectivity index (χ0n) is 10.1. The lowest BCUT2D eigenvalue weighted by Gasteiger charge is -2.42. The predicted molar refractivity (Wildman–Crippen MR) is 65.4 cm³/mol. The molecule has 0 spiro atoms. The van der Waals surface area contributed by atoms with Gasteiger partial charge in [-0.2, -0.15) is 0 Å². The van der Waals surface area contributed by atoms with E-state index in [0.717, 1.165) is 30.6 Å². The normalized spacial score (nSPS) is 17.2. The van der Waals surface area contributed by atoms with Gasteiger partial charge in [0, 0.05) is 11.0 Å². The molecule has 1 N–H and O–H groups in total. The zero-order chi connectivity index (χ0) is 12.3. The maximum Gasteiger partial charge on any atom is 0.304 e. The Labute approximate surface area is 101 Å². The summed E-state index contributed by atoms with van der Waals surface area (Å²) in [4.78, 5) is 11.0. The van der Waals surface area contributed by atoms with Crippen LogP contribution in [-0.2, 0) is 10.2 Å². The maximum atomic E-state index is 11.0. The van der Waals surface area contributed by atoms with Gasteiger partial charge in [-0.3, -0.25) is 4.79 Å². The molecule has 1 aromatic carbocycles. The summed E-state index contributed by atoms with van der Waals surface area (Å²) in [7, 11) is 0. The number of ether oxygens (including phenoxy) is 1. The Hall–Kier alpha value is -1.51. The second kappa shape index (κ2) is 4.78. The molecule has 92 valence electrons.